The van der Waals surface area contributed by atoms with Crippen LogP contribution in [0.5, 0.6) is 5.75 Å². The molecule has 120 valence electrons. The highest BCUT2D eigenvalue weighted by Crippen LogP contribution is 2.20. The minimum Gasteiger partial charge on any atom is -0.482 e. The largest absolute Gasteiger partial charge is 0.482 e. The highest BCUT2D eigenvalue weighted by molar-refractivity contribution is 6.33. The number of carbonyl (C=O) groups excluding carboxylic acids is 2. The molecule has 0 bridgehead atoms. The zero-order valence-corrected chi connectivity index (χ0v) is 13.3. The van der Waals surface area contributed by atoms with Crippen molar-refractivity contribution in [2.45, 2.75) is 6.92 Å². The van der Waals surface area contributed by atoms with Crippen molar-refractivity contribution < 1.29 is 19.1 Å². The van der Waals surface area contributed by atoms with Gasteiger partial charge < -0.3 is 14.8 Å². The van der Waals surface area contributed by atoms with Crippen LogP contribution in [0.3, 0.4) is 0 Å². The number of hydrogen-bond donors (Lipinski definition) is 1. The van der Waals surface area contributed by atoms with E-state index in [0.29, 0.717) is 16.5 Å². The van der Waals surface area contributed by atoms with Crippen LogP contribution in [0.4, 0.5) is 5.69 Å². The van der Waals surface area contributed by atoms with Crippen molar-refractivity contribution in [1.29, 1.82) is 0 Å². The molecule has 1 amide bonds. The number of para-hydroxylation sites is 2. The molecule has 0 aliphatic rings. The van der Waals surface area contributed by atoms with E-state index in [9.17, 15) is 9.59 Å². The fourth-order valence-corrected chi connectivity index (χ4v) is 1.97. The average Bonchev–Trinajstić information content (AvgIpc) is 2.54. The summed E-state index contributed by atoms with van der Waals surface area (Å²) in [7, 11) is 0. The number of hydrogen-bond acceptors (Lipinski definition) is 4. The molecule has 0 radical (unpaired) electrons. The minimum atomic E-state index is -0.623. The van der Waals surface area contributed by atoms with E-state index in [-0.39, 0.29) is 6.61 Å². The zero-order valence-electron chi connectivity index (χ0n) is 12.5. The minimum absolute atomic E-state index is 0.260. The van der Waals surface area contributed by atoms with Gasteiger partial charge >= 0.3 is 5.97 Å². The summed E-state index contributed by atoms with van der Waals surface area (Å²) >= 11 is 5.92. The van der Waals surface area contributed by atoms with Crippen LogP contribution >= 0.6 is 11.6 Å². The number of benzene rings is 2. The first-order valence-electron chi connectivity index (χ1n) is 6.94. The third kappa shape index (κ3) is 5.30. The number of ether oxygens (including phenoxy) is 2. The van der Waals surface area contributed by atoms with E-state index in [1.54, 1.807) is 30.3 Å². The molecule has 2 rings (SSSR count). The number of carbonyl (C=O) groups is 2. The maximum atomic E-state index is 11.7. The Labute approximate surface area is 139 Å². The second-order valence-corrected chi connectivity index (χ2v) is 5.15. The number of anilines is 1. The van der Waals surface area contributed by atoms with Crippen molar-refractivity contribution >= 4 is 29.2 Å². The summed E-state index contributed by atoms with van der Waals surface area (Å²) in [4.78, 5) is 23.3. The summed E-state index contributed by atoms with van der Waals surface area (Å²) in [5.74, 6) is -0.491. The summed E-state index contributed by atoms with van der Waals surface area (Å²) in [6.07, 6.45) is 0. The molecule has 1 N–H and O–H groups in total. The first kappa shape index (κ1) is 16.8. The summed E-state index contributed by atoms with van der Waals surface area (Å²) in [5.41, 5.74) is 1.38. The van der Waals surface area contributed by atoms with Crippen molar-refractivity contribution in [3.05, 3.63) is 59.1 Å². The Bertz CT molecular complexity index is 702. The van der Waals surface area contributed by atoms with Crippen LogP contribution in [-0.2, 0) is 14.3 Å². The van der Waals surface area contributed by atoms with Crippen molar-refractivity contribution in [3.63, 3.8) is 0 Å². The molecule has 0 fully saturated rings. The lowest BCUT2D eigenvalue weighted by molar-refractivity contribution is -0.149. The summed E-state index contributed by atoms with van der Waals surface area (Å²) in [6, 6.07) is 14.1. The van der Waals surface area contributed by atoms with Crippen molar-refractivity contribution in [3.8, 4) is 5.75 Å². The number of aryl methyl sites for hydroxylation is 1. The second-order valence-electron chi connectivity index (χ2n) is 4.74. The molecule has 6 heteroatoms. The lowest BCUT2D eigenvalue weighted by Gasteiger charge is -2.09. The third-order valence-electron chi connectivity index (χ3n) is 2.95. The highest BCUT2D eigenvalue weighted by atomic mass is 35.5. The van der Waals surface area contributed by atoms with Gasteiger partial charge in [-0.3, -0.25) is 4.79 Å². The Morgan fingerprint density at radius 3 is 2.48 bits per heavy atom. The maximum Gasteiger partial charge on any atom is 0.344 e. The van der Waals surface area contributed by atoms with Gasteiger partial charge in [0.15, 0.2) is 13.2 Å². The molecular formula is C17H16ClNO4. The fraction of sp³-hybridized carbons (Fsp3) is 0.176. The molecule has 0 spiro atoms. The van der Waals surface area contributed by atoms with Gasteiger partial charge in [0, 0.05) is 0 Å². The molecule has 5 nitrogen and oxygen atoms in total. The third-order valence-corrected chi connectivity index (χ3v) is 3.28. The molecule has 0 saturated heterocycles. The molecule has 23 heavy (non-hydrogen) atoms. The molecule has 0 saturated carbocycles. The number of rotatable bonds is 6. The van der Waals surface area contributed by atoms with Crippen molar-refractivity contribution in [1.82, 2.24) is 0 Å². The smallest absolute Gasteiger partial charge is 0.344 e. The van der Waals surface area contributed by atoms with Crippen LogP contribution in [-0.4, -0.2) is 25.1 Å². The fourth-order valence-electron chi connectivity index (χ4n) is 1.79. The van der Waals surface area contributed by atoms with Gasteiger partial charge in [-0.2, -0.15) is 0 Å². The van der Waals surface area contributed by atoms with E-state index in [2.05, 4.69) is 5.32 Å². The van der Waals surface area contributed by atoms with Crippen molar-refractivity contribution in [2.24, 2.45) is 0 Å². The Kier molecular flexibility index (Phi) is 6.00. The zero-order chi connectivity index (χ0) is 16.7. The van der Waals surface area contributed by atoms with E-state index in [0.717, 1.165) is 5.56 Å². The predicted molar refractivity (Wildman–Crippen MR) is 87.7 cm³/mol. The lowest BCUT2D eigenvalue weighted by Crippen LogP contribution is -2.23. The SMILES string of the molecule is Cc1ccccc1OCC(=O)OCC(=O)Nc1ccccc1Cl. The first-order valence-corrected chi connectivity index (χ1v) is 7.32. The van der Waals surface area contributed by atoms with E-state index in [1.807, 2.05) is 25.1 Å². The Morgan fingerprint density at radius 1 is 1.04 bits per heavy atom. The predicted octanol–water partition coefficient (Wildman–Crippen LogP) is 3.21. The van der Waals surface area contributed by atoms with E-state index >= 15 is 0 Å². The summed E-state index contributed by atoms with van der Waals surface area (Å²) in [6.45, 7) is 1.21. The van der Waals surface area contributed by atoms with Crippen LogP contribution in [0.15, 0.2) is 48.5 Å². The number of halogens is 1. The van der Waals surface area contributed by atoms with Crippen LogP contribution in [0.25, 0.3) is 0 Å². The van der Waals surface area contributed by atoms with Gasteiger partial charge in [-0.05, 0) is 30.7 Å². The number of amides is 1. The van der Waals surface area contributed by atoms with Gasteiger partial charge in [-0.25, -0.2) is 4.79 Å². The maximum absolute atomic E-state index is 11.7. The van der Waals surface area contributed by atoms with Gasteiger partial charge in [-0.1, -0.05) is 41.9 Å². The normalized spacial score (nSPS) is 10.0. The Hall–Kier alpha value is -2.53. The molecule has 0 aromatic heterocycles. The number of nitrogens with one attached hydrogen (secondary N) is 1. The van der Waals surface area contributed by atoms with Crippen LogP contribution in [0, 0.1) is 6.92 Å². The van der Waals surface area contributed by atoms with Gasteiger partial charge in [-0.15, -0.1) is 0 Å². The van der Waals surface area contributed by atoms with Gasteiger partial charge in [0.2, 0.25) is 0 Å². The quantitative estimate of drug-likeness (QED) is 0.824. The van der Waals surface area contributed by atoms with Crippen molar-refractivity contribution in [2.75, 3.05) is 18.5 Å². The number of esters is 1. The van der Waals surface area contributed by atoms with Crippen LogP contribution in [0.1, 0.15) is 5.56 Å². The molecule has 0 unspecified atom stereocenters. The molecule has 2 aromatic rings. The summed E-state index contributed by atoms with van der Waals surface area (Å²) < 4.78 is 10.2. The standard InChI is InChI=1S/C17H16ClNO4/c1-12-6-2-5-9-15(12)22-11-17(21)23-10-16(20)19-14-8-4-3-7-13(14)18/h2-9H,10-11H2,1H3,(H,19,20). The lowest BCUT2D eigenvalue weighted by atomic mass is 10.2. The molecule has 0 aliphatic heterocycles. The Balaban J connectivity index is 1.75. The van der Waals surface area contributed by atoms with Gasteiger partial charge in [0.05, 0.1) is 10.7 Å². The summed E-state index contributed by atoms with van der Waals surface area (Å²) in [5, 5.41) is 2.97. The van der Waals surface area contributed by atoms with Crippen LogP contribution < -0.4 is 10.1 Å². The highest BCUT2D eigenvalue weighted by Gasteiger charge is 2.10. The van der Waals surface area contributed by atoms with E-state index < -0.39 is 18.5 Å². The van der Waals surface area contributed by atoms with Gasteiger partial charge in [0.25, 0.3) is 5.91 Å². The van der Waals surface area contributed by atoms with E-state index in [1.165, 1.54) is 0 Å². The molecule has 0 atom stereocenters. The average molecular weight is 334 g/mol. The molecular weight excluding hydrogens is 318 g/mol. The second kappa shape index (κ2) is 8.19. The Morgan fingerprint density at radius 2 is 1.74 bits per heavy atom. The van der Waals surface area contributed by atoms with Gasteiger partial charge in [0.1, 0.15) is 5.75 Å². The molecule has 2 aromatic carbocycles. The van der Waals surface area contributed by atoms with E-state index in [4.69, 9.17) is 21.1 Å². The van der Waals surface area contributed by atoms with Crippen LogP contribution in [0.2, 0.25) is 5.02 Å². The monoisotopic (exact) mass is 333 g/mol. The molecule has 0 heterocycles. The molecule has 0 aliphatic carbocycles. The topological polar surface area (TPSA) is 64.6 Å². The first-order chi connectivity index (χ1) is 11.1.